The lowest BCUT2D eigenvalue weighted by Crippen LogP contribution is -2.41. The van der Waals surface area contributed by atoms with Crippen molar-refractivity contribution in [1.29, 1.82) is 0 Å². The van der Waals surface area contributed by atoms with Crippen LogP contribution in [0.25, 0.3) is 16.7 Å². The summed E-state index contributed by atoms with van der Waals surface area (Å²) in [5, 5.41) is 0. The first-order valence-corrected chi connectivity index (χ1v) is 10.3. The Morgan fingerprint density at radius 2 is 1.81 bits per heavy atom. The van der Waals surface area contributed by atoms with Crippen molar-refractivity contribution in [3.63, 3.8) is 0 Å². The van der Waals surface area contributed by atoms with Crippen LogP contribution in [-0.2, 0) is 0 Å². The van der Waals surface area contributed by atoms with Gasteiger partial charge < -0.3 is 14.4 Å². The number of ether oxygens (including phenoxy) is 2. The zero-order valence-electron chi connectivity index (χ0n) is 17.5. The third kappa shape index (κ3) is 3.61. The minimum absolute atomic E-state index is 0.0729. The number of aryl methyl sites for hydroxylation is 1. The Hall–Kier alpha value is -3.80. The summed E-state index contributed by atoms with van der Waals surface area (Å²) in [5.74, 6) is 2.26. The van der Waals surface area contributed by atoms with Crippen molar-refractivity contribution in [2.24, 2.45) is 0 Å². The maximum absolute atomic E-state index is 13.1. The van der Waals surface area contributed by atoms with Gasteiger partial charge in [-0.25, -0.2) is 4.98 Å². The second-order valence-corrected chi connectivity index (χ2v) is 7.72. The predicted octanol–water partition coefficient (Wildman–Crippen LogP) is 4.25. The van der Waals surface area contributed by atoms with Gasteiger partial charge in [-0.05, 0) is 49.4 Å². The Bertz CT molecular complexity index is 1250. The molecule has 4 aromatic rings. The molecule has 3 aromatic carbocycles. The first-order chi connectivity index (χ1) is 15.1. The molecular weight excluding hydrogens is 390 g/mol. The van der Waals surface area contributed by atoms with E-state index in [2.05, 4.69) is 9.55 Å². The van der Waals surface area contributed by atoms with E-state index >= 15 is 0 Å². The molecule has 31 heavy (non-hydrogen) atoms. The zero-order valence-corrected chi connectivity index (χ0v) is 17.5. The molecule has 1 atom stereocenters. The van der Waals surface area contributed by atoms with E-state index in [0.717, 1.165) is 28.3 Å². The Morgan fingerprint density at radius 1 is 1.06 bits per heavy atom. The van der Waals surface area contributed by atoms with Crippen molar-refractivity contribution in [3.05, 3.63) is 84.2 Å². The third-order valence-corrected chi connectivity index (χ3v) is 5.48. The average Bonchev–Trinajstić information content (AvgIpc) is 3.13. The topological polar surface area (TPSA) is 56.6 Å². The van der Waals surface area contributed by atoms with E-state index in [0.29, 0.717) is 24.5 Å². The molecule has 1 amide bonds. The smallest absolute Gasteiger partial charge is 0.253 e. The molecule has 0 N–H and O–H groups in total. The molecule has 6 heteroatoms. The van der Waals surface area contributed by atoms with Crippen LogP contribution in [0.5, 0.6) is 11.5 Å². The summed E-state index contributed by atoms with van der Waals surface area (Å²) in [7, 11) is 1.78. The second-order valence-electron chi connectivity index (χ2n) is 7.72. The fraction of sp³-hybridized carbons (Fsp3) is 0.200. The number of likely N-dealkylation sites (N-methyl/N-ethyl adjacent to an activating group) is 1. The van der Waals surface area contributed by atoms with Crippen molar-refractivity contribution in [2.75, 3.05) is 20.2 Å². The Kier molecular flexibility index (Phi) is 4.82. The van der Waals surface area contributed by atoms with Crippen molar-refractivity contribution >= 4 is 16.9 Å². The standard InChI is InChI=1S/C25H23N3O3/c1-17-26-21-14-18(12-13-22(21)28(17)19-8-4-3-5-9-19)25(29)27(2)15-20-16-30-23-10-6-7-11-24(23)31-20/h3-14,20H,15-16H2,1-2H3/t20-/m0/s1. The van der Waals surface area contributed by atoms with Gasteiger partial charge in [0.1, 0.15) is 12.4 Å². The minimum atomic E-state index is -0.216. The number of para-hydroxylation sites is 3. The highest BCUT2D eigenvalue weighted by Gasteiger charge is 2.24. The van der Waals surface area contributed by atoms with Crippen LogP contribution >= 0.6 is 0 Å². The van der Waals surface area contributed by atoms with Crippen LogP contribution in [0.2, 0.25) is 0 Å². The van der Waals surface area contributed by atoms with Crippen molar-refractivity contribution < 1.29 is 14.3 Å². The van der Waals surface area contributed by atoms with E-state index < -0.39 is 0 Å². The number of carbonyl (C=O) groups is 1. The number of amides is 1. The Morgan fingerprint density at radius 3 is 2.61 bits per heavy atom. The van der Waals surface area contributed by atoms with Gasteiger partial charge in [-0.15, -0.1) is 0 Å². The summed E-state index contributed by atoms with van der Waals surface area (Å²) < 4.78 is 13.8. The Labute approximate surface area is 180 Å². The highest BCUT2D eigenvalue weighted by Crippen LogP contribution is 2.31. The molecule has 2 heterocycles. The molecular formula is C25H23N3O3. The molecule has 1 aliphatic rings. The lowest BCUT2D eigenvalue weighted by Gasteiger charge is -2.29. The van der Waals surface area contributed by atoms with Gasteiger partial charge in [-0.1, -0.05) is 30.3 Å². The lowest BCUT2D eigenvalue weighted by atomic mass is 10.1. The second kappa shape index (κ2) is 7.80. The number of rotatable bonds is 4. The molecule has 5 rings (SSSR count). The third-order valence-electron chi connectivity index (χ3n) is 5.48. The number of imidazole rings is 1. The summed E-state index contributed by atoms with van der Waals surface area (Å²) in [4.78, 5) is 19.4. The first kappa shape index (κ1) is 19.2. The molecule has 0 saturated heterocycles. The van der Waals surface area contributed by atoms with E-state index in [9.17, 15) is 4.79 Å². The van der Waals surface area contributed by atoms with Crippen LogP contribution in [0.1, 0.15) is 16.2 Å². The zero-order chi connectivity index (χ0) is 21.4. The molecule has 0 spiro atoms. The van der Waals surface area contributed by atoms with Gasteiger partial charge in [0.05, 0.1) is 17.6 Å². The van der Waals surface area contributed by atoms with Gasteiger partial charge in [0.25, 0.3) is 5.91 Å². The van der Waals surface area contributed by atoms with Gasteiger partial charge in [-0.3, -0.25) is 9.36 Å². The quantitative estimate of drug-likeness (QED) is 0.502. The largest absolute Gasteiger partial charge is 0.486 e. The molecule has 156 valence electrons. The molecule has 0 aliphatic carbocycles. The normalized spacial score (nSPS) is 15.1. The van der Waals surface area contributed by atoms with Gasteiger partial charge in [0.15, 0.2) is 17.6 Å². The van der Waals surface area contributed by atoms with Crippen LogP contribution in [-0.4, -0.2) is 46.7 Å². The number of carbonyl (C=O) groups excluding carboxylic acids is 1. The van der Waals surface area contributed by atoms with Crippen LogP contribution in [0.3, 0.4) is 0 Å². The SMILES string of the molecule is Cc1nc2cc(C(=O)N(C)C[C@H]3COc4ccccc4O3)ccc2n1-c1ccccc1. The number of nitrogens with zero attached hydrogens (tertiary/aromatic N) is 3. The molecule has 0 fully saturated rings. The van der Waals surface area contributed by atoms with Crippen molar-refractivity contribution in [1.82, 2.24) is 14.5 Å². The minimum Gasteiger partial charge on any atom is -0.486 e. The van der Waals surface area contributed by atoms with Crippen LogP contribution in [0.4, 0.5) is 0 Å². The summed E-state index contributed by atoms with van der Waals surface area (Å²) in [6.45, 7) is 2.82. The maximum atomic E-state index is 13.1. The predicted molar refractivity (Wildman–Crippen MR) is 119 cm³/mol. The van der Waals surface area contributed by atoms with E-state index in [1.165, 1.54) is 0 Å². The molecule has 0 saturated carbocycles. The van der Waals surface area contributed by atoms with E-state index in [1.54, 1.807) is 11.9 Å². The number of fused-ring (bicyclic) bond motifs is 2. The summed E-state index contributed by atoms with van der Waals surface area (Å²) in [5.41, 5.74) is 3.42. The van der Waals surface area contributed by atoms with Crippen molar-refractivity contribution in [3.8, 4) is 17.2 Å². The Balaban J connectivity index is 1.35. The van der Waals surface area contributed by atoms with E-state index in [1.807, 2.05) is 79.7 Å². The van der Waals surface area contributed by atoms with Gasteiger partial charge >= 0.3 is 0 Å². The fourth-order valence-electron chi connectivity index (χ4n) is 4.00. The molecule has 1 aliphatic heterocycles. The van der Waals surface area contributed by atoms with E-state index in [4.69, 9.17) is 9.47 Å². The number of aromatic nitrogens is 2. The summed E-state index contributed by atoms with van der Waals surface area (Å²) >= 11 is 0. The highest BCUT2D eigenvalue weighted by atomic mass is 16.6. The van der Waals surface area contributed by atoms with Gasteiger partial charge in [-0.2, -0.15) is 0 Å². The molecule has 1 aromatic heterocycles. The molecule has 6 nitrogen and oxygen atoms in total. The van der Waals surface area contributed by atoms with Crippen LogP contribution in [0.15, 0.2) is 72.8 Å². The number of hydrogen-bond donors (Lipinski definition) is 0. The summed E-state index contributed by atoms with van der Waals surface area (Å²) in [6, 6.07) is 23.3. The fourth-order valence-corrected chi connectivity index (χ4v) is 4.00. The highest BCUT2D eigenvalue weighted by molar-refractivity contribution is 5.97. The van der Waals surface area contributed by atoms with Gasteiger partial charge in [0, 0.05) is 18.3 Å². The summed E-state index contributed by atoms with van der Waals surface area (Å²) in [6.07, 6.45) is -0.216. The van der Waals surface area contributed by atoms with Crippen molar-refractivity contribution in [2.45, 2.75) is 13.0 Å². The number of hydrogen-bond acceptors (Lipinski definition) is 4. The first-order valence-electron chi connectivity index (χ1n) is 10.3. The number of benzene rings is 3. The monoisotopic (exact) mass is 413 g/mol. The molecule has 0 bridgehead atoms. The van der Waals surface area contributed by atoms with Gasteiger partial charge in [0.2, 0.25) is 0 Å². The average molecular weight is 413 g/mol. The van der Waals surface area contributed by atoms with Crippen LogP contribution < -0.4 is 9.47 Å². The molecule has 0 unspecified atom stereocenters. The maximum Gasteiger partial charge on any atom is 0.253 e. The van der Waals surface area contributed by atoms with Crippen LogP contribution in [0, 0.1) is 6.92 Å². The van der Waals surface area contributed by atoms with E-state index in [-0.39, 0.29) is 12.0 Å². The molecule has 0 radical (unpaired) electrons. The lowest BCUT2D eigenvalue weighted by molar-refractivity contribution is 0.0521.